The van der Waals surface area contributed by atoms with Crippen LogP contribution in [0.1, 0.15) is 26.3 Å². The molecule has 2 fully saturated rings. The van der Waals surface area contributed by atoms with E-state index in [0.717, 1.165) is 5.56 Å². The summed E-state index contributed by atoms with van der Waals surface area (Å²) in [7, 11) is -3.87. The van der Waals surface area contributed by atoms with Crippen molar-refractivity contribution in [3.8, 4) is 0 Å². The molecule has 0 aromatic heterocycles. The van der Waals surface area contributed by atoms with Gasteiger partial charge in [-0.25, -0.2) is 8.42 Å². The van der Waals surface area contributed by atoms with Crippen molar-refractivity contribution >= 4 is 21.8 Å². The number of Topliss-reactive ketones (excluding diaryl/α,β-unsaturated/α-hetero) is 1. The standard InChI is InChI=1S/C18H23NO5S/c1-5-24-18(21)14-13-16(14)19(15(10(2)3)17(13)20)25(22,23)12-8-6-11(4)7-9-12/h6-10,13-16H,5H2,1-4H3/t13-,14-,15-,16-/m0/s1. The minimum atomic E-state index is -3.87. The van der Waals surface area contributed by atoms with Gasteiger partial charge in [0.05, 0.1) is 35.4 Å². The Balaban J connectivity index is 2.00. The molecule has 0 unspecified atom stereocenters. The summed E-state index contributed by atoms with van der Waals surface area (Å²) in [4.78, 5) is 25.0. The van der Waals surface area contributed by atoms with Gasteiger partial charge >= 0.3 is 5.97 Å². The zero-order valence-corrected chi connectivity index (χ0v) is 15.6. The summed E-state index contributed by atoms with van der Waals surface area (Å²) in [6, 6.07) is 5.19. The van der Waals surface area contributed by atoms with Crippen LogP contribution in [0, 0.1) is 24.7 Å². The molecule has 2 aliphatic rings. The van der Waals surface area contributed by atoms with Crippen LogP contribution in [0.3, 0.4) is 0 Å². The van der Waals surface area contributed by atoms with Crippen LogP contribution in [0.25, 0.3) is 0 Å². The molecule has 0 N–H and O–H groups in total. The second-order valence-electron chi connectivity index (χ2n) is 7.03. The summed E-state index contributed by atoms with van der Waals surface area (Å²) >= 11 is 0. The van der Waals surface area contributed by atoms with Crippen molar-refractivity contribution in [2.75, 3.05) is 6.61 Å². The van der Waals surface area contributed by atoms with Gasteiger partial charge in [0.2, 0.25) is 10.0 Å². The first-order valence-electron chi connectivity index (χ1n) is 8.52. The van der Waals surface area contributed by atoms with Gasteiger partial charge in [0, 0.05) is 0 Å². The van der Waals surface area contributed by atoms with E-state index in [9.17, 15) is 18.0 Å². The molecular formula is C18H23NO5S. The van der Waals surface area contributed by atoms with Crippen molar-refractivity contribution in [3.05, 3.63) is 29.8 Å². The fourth-order valence-corrected chi connectivity index (χ4v) is 5.71. The summed E-state index contributed by atoms with van der Waals surface area (Å²) in [6.07, 6.45) is 0. The molecule has 0 radical (unpaired) electrons. The molecule has 3 rings (SSSR count). The third-order valence-electron chi connectivity index (χ3n) is 4.96. The Kier molecular flexibility index (Phi) is 4.49. The largest absolute Gasteiger partial charge is 0.466 e. The number of esters is 1. The first-order chi connectivity index (χ1) is 11.7. The summed E-state index contributed by atoms with van der Waals surface area (Å²) < 4.78 is 32.7. The maximum Gasteiger partial charge on any atom is 0.311 e. The minimum absolute atomic E-state index is 0.145. The number of rotatable bonds is 5. The number of sulfonamides is 1. The van der Waals surface area contributed by atoms with Gasteiger partial charge in [0.25, 0.3) is 0 Å². The minimum Gasteiger partial charge on any atom is -0.466 e. The molecule has 0 spiro atoms. The van der Waals surface area contributed by atoms with Crippen molar-refractivity contribution in [2.24, 2.45) is 17.8 Å². The van der Waals surface area contributed by atoms with Gasteiger partial charge < -0.3 is 4.74 Å². The van der Waals surface area contributed by atoms with Gasteiger partial charge in [-0.3, -0.25) is 9.59 Å². The van der Waals surface area contributed by atoms with Gasteiger partial charge in [-0.2, -0.15) is 4.31 Å². The topological polar surface area (TPSA) is 80.8 Å². The third kappa shape index (κ3) is 2.79. The highest BCUT2D eigenvalue weighted by Gasteiger charge is 2.72. The molecule has 1 aromatic carbocycles. The monoisotopic (exact) mass is 365 g/mol. The van der Waals surface area contributed by atoms with E-state index in [1.54, 1.807) is 31.2 Å². The molecule has 7 heteroatoms. The number of carbonyl (C=O) groups is 2. The Morgan fingerprint density at radius 2 is 1.84 bits per heavy atom. The van der Waals surface area contributed by atoms with E-state index in [-0.39, 0.29) is 23.2 Å². The van der Waals surface area contributed by atoms with Crippen LogP contribution >= 0.6 is 0 Å². The first-order valence-corrected chi connectivity index (χ1v) is 9.96. The van der Waals surface area contributed by atoms with Crippen LogP contribution in [-0.4, -0.2) is 43.2 Å². The Bertz CT molecular complexity index is 799. The second-order valence-corrected chi connectivity index (χ2v) is 8.88. The quantitative estimate of drug-likeness (QED) is 0.743. The van der Waals surface area contributed by atoms with E-state index in [1.165, 1.54) is 4.31 Å². The smallest absolute Gasteiger partial charge is 0.311 e. The summed E-state index contributed by atoms with van der Waals surface area (Å²) in [5, 5.41) is 0. The van der Waals surface area contributed by atoms with Crippen LogP contribution in [0.2, 0.25) is 0 Å². The van der Waals surface area contributed by atoms with Gasteiger partial charge in [0.1, 0.15) is 0 Å². The number of benzene rings is 1. The number of carbonyl (C=O) groups excluding carboxylic acids is 2. The molecule has 4 atom stereocenters. The molecule has 0 bridgehead atoms. The van der Waals surface area contributed by atoms with Gasteiger partial charge in [-0.1, -0.05) is 31.5 Å². The van der Waals surface area contributed by atoms with E-state index in [1.807, 2.05) is 20.8 Å². The number of nitrogens with zero attached hydrogens (tertiary/aromatic N) is 1. The maximum atomic E-state index is 13.2. The van der Waals surface area contributed by atoms with Crippen molar-refractivity contribution in [3.63, 3.8) is 0 Å². The van der Waals surface area contributed by atoms with E-state index >= 15 is 0 Å². The summed E-state index contributed by atoms with van der Waals surface area (Å²) in [5.74, 6) is -2.08. The molecular weight excluding hydrogens is 342 g/mol. The molecule has 1 saturated carbocycles. The highest BCUT2D eigenvalue weighted by Crippen LogP contribution is 2.55. The lowest BCUT2D eigenvalue weighted by molar-refractivity contribution is -0.147. The molecule has 0 amide bonds. The molecule has 1 saturated heterocycles. The Labute approximate surface area is 148 Å². The predicted octanol–water partition coefficient (Wildman–Crippen LogP) is 1.77. The van der Waals surface area contributed by atoms with Gasteiger partial charge in [0.15, 0.2) is 5.78 Å². The Hall–Kier alpha value is -1.73. The summed E-state index contributed by atoms with van der Waals surface area (Å²) in [6.45, 7) is 7.42. The Morgan fingerprint density at radius 1 is 1.24 bits per heavy atom. The molecule has 1 aromatic rings. The van der Waals surface area contributed by atoms with E-state index in [4.69, 9.17) is 4.74 Å². The molecule has 1 aliphatic heterocycles. The van der Waals surface area contributed by atoms with Crippen LogP contribution < -0.4 is 0 Å². The lowest BCUT2D eigenvalue weighted by atomic mass is 9.98. The van der Waals surface area contributed by atoms with E-state index < -0.39 is 39.9 Å². The van der Waals surface area contributed by atoms with Crippen LogP contribution in [0.4, 0.5) is 0 Å². The fraction of sp³-hybridized carbons (Fsp3) is 0.556. The number of ketones is 1. The van der Waals surface area contributed by atoms with Gasteiger partial charge in [-0.15, -0.1) is 0 Å². The number of hydrogen-bond donors (Lipinski definition) is 0. The zero-order chi connectivity index (χ0) is 18.5. The van der Waals surface area contributed by atoms with Crippen molar-refractivity contribution in [1.82, 2.24) is 4.31 Å². The predicted molar refractivity (Wildman–Crippen MR) is 91.2 cm³/mol. The summed E-state index contributed by atoms with van der Waals surface area (Å²) in [5.41, 5.74) is 0.950. The van der Waals surface area contributed by atoms with Crippen LogP contribution in [0.15, 0.2) is 29.2 Å². The van der Waals surface area contributed by atoms with Crippen molar-refractivity contribution in [1.29, 1.82) is 0 Å². The zero-order valence-electron chi connectivity index (χ0n) is 14.8. The molecule has 1 aliphatic carbocycles. The molecule has 6 nitrogen and oxygen atoms in total. The van der Waals surface area contributed by atoms with E-state index in [2.05, 4.69) is 0 Å². The van der Waals surface area contributed by atoms with Crippen LogP contribution in [0.5, 0.6) is 0 Å². The maximum absolute atomic E-state index is 13.2. The average Bonchev–Trinajstić information content (AvgIpc) is 3.19. The van der Waals surface area contributed by atoms with Crippen molar-refractivity contribution < 1.29 is 22.7 Å². The number of hydrogen-bond acceptors (Lipinski definition) is 5. The SMILES string of the molecule is CCOC(=O)[C@H]1[C@@H]2C(=O)[C@H](C(C)C)N(S(=O)(=O)c3ccc(C)cc3)[C@H]12. The first kappa shape index (κ1) is 18.1. The second kappa shape index (κ2) is 6.21. The normalized spacial score (nSPS) is 28.9. The number of piperidine rings is 1. The Morgan fingerprint density at radius 3 is 2.36 bits per heavy atom. The lowest BCUT2D eigenvalue weighted by Crippen LogP contribution is -2.46. The van der Waals surface area contributed by atoms with Crippen LogP contribution in [-0.2, 0) is 24.3 Å². The number of ether oxygens (including phenoxy) is 1. The highest BCUT2D eigenvalue weighted by molar-refractivity contribution is 7.89. The van der Waals surface area contributed by atoms with E-state index in [0.29, 0.717) is 0 Å². The molecule has 1 heterocycles. The third-order valence-corrected chi connectivity index (χ3v) is 6.85. The average molecular weight is 365 g/mol. The number of fused-ring (bicyclic) bond motifs is 1. The molecule has 136 valence electrons. The highest BCUT2D eigenvalue weighted by atomic mass is 32.2. The van der Waals surface area contributed by atoms with Gasteiger partial charge in [-0.05, 0) is 31.9 Å². The van der Waals surface area contributed by atoms with Crippen molar-refractivity contribution in [2.45, 2.75) is 44.7 Å². The number of aryl methyl sites for hydroxylation is 1. The molecule has 25 heavy (non-hydrogen) atoms. The lowest BCUT2D eigenvalue weighted by Gasteiger charge is -2.29. The fourth-order valence-electron chi connectivity index (χ4n) is 3.75.